The van der Waals surface area contributed by atoms with E-state index in [9.17, 15) is 29.1 Å². The highest BCUT2D eigenvalue weighted by Gasteiger charge is 2.72. The molecule has 1 aromatic rings. The first-order valence-corrected chi connectivity index (χ1v) is 14.2. The maximum absolute atomic E-state index is 13.2. The number of carbonyl (C=O) groups excluding carboxylic acids is 4. The van der Waals surface area contributed by atoms with Crippen LogP contribution in [0.4, 0.5) is 0 Å². The number of rotatable bonds is 10. The molecule has 2 bridgehead atoms. The van der Waals surface area contributed by atoms with E-state index in [0.29, 0.717) is 30.9 Å². The predicted molar refractivity (Wildman–Crippen MR) is 146 cm³/mol. The lowest BCUT2D eigenvalue weighted by Gasteiger charge is -2.61. The highest BCUT2D eigenvalue weighted by molar-refractivity contribution is 5.87. The molecule has 0 radical (unpaired) electrons. The van der Waals surface area contributed by atoms with Crippen LogP contribution < -0.4 is 9.47 Å². The van der Waals surface area contributed by atoms with Crippen LogP contribution in [0.15, 0.2) is 24.0 Å². The molecule has 4 aliphatic rings. The van der Waals surface area contributed by atoms with E-state index in [-0.39, 0.29) is 18.2 Å². The summed E-state index contributed by atoms with van der Waals surface area (Å²) in [6, 6.07) is 3.57. The number of nitrogens with zero attached hydrogens (tertiary/aromatic N) is 1. The van der Waals surface area contributed by atoms with Crippen molar-refractivity contribution < 1.29 is 62.6 Å². The zero-order chi connectivity index (χ0) is 32.1. The van der Waals surface area contributed by atoms with Gasteiger partial charge in [0.2, 0.25) is 6.10 Å². The summed E-state index contributed by atoms with van der Waals surface area (Å²) in [5.74, 6) is -4.52. The Kier molecular flexibility index (Phi) is 8.10. The molecule has 1 fully saturated rings. The van der Waals surface area contributed by atoms with Gasteiger partial charge in [-0.15, -0.1) is 0 Å². The Balaban J connectivity index is 1.36. The molecular weight excluding hydrogens is 582 g/mol. The highest BCUT2D eigenvalue weighted by atomic mass is 16.6. The van der Waals surface area contributed by atoms with E-state index in [4.69, 9.17) is 33.5 Å². The van der Waals surface area contributed by atoms with Gasteiger partial charge in [-0.1, -0.05) is 6.07 Å². The number of likely N-dealkylation sites (N-methyl/N-ethyl adjacent to an activating group) is 1. The second-order valence-corrected chi connectivity index (χ2v) is 11.6. The molecule has 1 spiro atoms. The fourth-order valence-electron chi connectivity index (χ4n) is 6.90. The van der Waals surface area contributed by atoms with Crippen molar-refractivity contribution >= 4 is 29.8 Å². The normalized spacial score (nSPS) is 28.2. The Hall–Kier alpha value is -4.17. The summed E-state index contributed by atoms with van der Waals surface area (Å²) in [6.07, 6.45) is -3.57. The molecule has 44 heavy (non-hydrogen) atoms. The number of aliphatic carboxylic acids is 1. The number of hydrogen-bond donors (Lipinski definition) is 2. The minimum atomic E-state index is -1.78. The van der Waals surface area contributed by atoms with Gasteiger partial charge in [-0.3, -0.25) is 9.59 Å². The van der Waals surface area contributed by atoms with Gasteiger partial charge in [-0.05, 0) is 58.0 Å². The first kappa shape index (κ1) is 31.3. The number of likely N-dealkylation sites (tertiary alicyclic amines) is 1. The standard InChI is InChI=1S/C30H35NO13/c1-14(26(34)35)40-27(36)15(2)41-28(37)20(42-16(3)32)13-22(33)43-19-8-9-30(38)21-12-17-6-7-18(39-5)24-23(17)29(30,25(19)44-24)10-11-31(21)4/h6-8,14-15,20-21,25,38H,9-13H2,1-5H3,(H,34,35)/t14?,15?,20?,21-,25+,29+,30-/m1/s1. The summed E-state index contributed by atoms with van der Waals surface area (Å²) in [7, 11) is 3.49. The van der Waals surface area contributed by atoms with Crippen LogP contribution in [0.25, 0.3) is 0 Å². The van der Waals surface area contributed by atoms with Gasteiger partial charge in [0.05, 0.1) is 24.5 Å². The van der Waals surface area contributed by atoms with Gasteiger partial charge < -0.3 is 43.5 Å². The lowest BCUT2D eigenvalue weighted by molar-refractivity contribution is -0.183. The molecule has 2 N–H and O–H groups in total. The van der Waals surface area contributed by atoms with Gasteiger partial charge in [0, 0.05) is 24.9 Å². The summed E-state index contributed by atoms with van der Waals surface area (Å²) < 4.78 is 32.5. The minimum absolute atomic E-state index is 0.142. The van der Waals surface area contributed by atoms with E-state index < -0.39 is 71.7 Å². The maximum atomic E-state index is 13.2. The Labute approximate surface area is 252 Å². The summed E-state index contributed by atoms with van der Waals surface area (Å²) in [5.41, 5.74) is -0.295. The number of piperidine rings is 1. The first-order valence-electron chi connectivity index (χ1n) is 14.2. The van der Waals surface area contributed by atoms with Crippen molar-refractivity contribution in [2.24, 2.45) is 0 Å². The number of ether oxygens (including phenoxy) is 6. The van der Waals surface area contributed by atoms with Crippen LogP contribution in [-0.4, -0.2) is 102 Å². The van der Waals surface area contributed by atoms with Crippen molar-refractivity contribution in [3.05, 3.63) is 35.1 Å². The summed E-state index contributed by atoms with van der Waals surface area (Å²) in [5, 5.41) is 21.2. The van der Waals surface area contributed by atoms with E-state index >= 15 is 0 Å². The quantitative estimate of drug-likeness (QED) is 0.277. The minimum Gasteiger partial charge on any atom is -0.493 e. The number of carbonyl (C=O) groups is 5. The average Bonchev–Trinajstić information content (AvgIpc) is 3.31. The van der Waals surface area contributed by atoms with E-state index in [0.717, 1.165) is 31.9 Å². The van der Waals surface area contributed by atoms with E-state index in [1.807, 2.05) is 19.2 Å². The van der Waals surface area contributed by atoms with Crippen molar-refractivity contribution in [1.82, 2.24) is 4.90 Å². The van der Waals surface area contributed by atoms with Crippen LogP contribution in [0.2, 0.25) is 0 Å². The molecule has 1 saturated heterocycles. The van der Waals surface area contributed by atoms with Gasteiger partial charge in [0.1, 0.15) is 5.76 Å². The summed E-state index contributed by atoms with van der Waals surface area (Å²) in [6.45, 7) is 3.95. The maximum Gasteiger partial charge on any atom is 0.348 e. The molecule has 3 unspecified atom stereocenters. The van der Waals surface area contributed by atoms with Crippen LogP contribution in [0.3, 0.4) is 0 Å². The first-order chi connectivity index (χ1) is 20.7. The molecule has 2 aliphatic heterocycles. The number of carboxylic acid groups (broad SMARTS) is 1. The molecule has 14 nitrogen and oxygen atoms in total. The predicted octanol–water partition coefficient (Wildman–Crippen LogP) is 0.786. The molecule has 14 heteroatoms. The number of methoxy groups -OCH3 is 1. The average molecular weight is 618 g/mol. The third-order valence-corrected chi connectivity index (χ3v) is 8.98. The van der Waals surface area contributed by atoms with Crippen molar-refractivity contribution in [2.45, 2.75) is 87.9 Å². The number of aliphatic hydroxyl groups is 1. The molecule has 2 heterocycles. The third kappa shape index (κ3) is 4.95. The molecule has 1 aromatic carbocycles. The zero-order valence-electron chi connectivity index (χ0n) is 25.0. The number of benzene rings is 1. The van der Waals surface area contributed by atoms with Crippen LogP contribution in [-0.2, 0) is 54.8 Å². The SMILES string of the molecule is COc1ccc2c3c1O[C@H]1C(OC(=O)CC(OC(C)=O)C(=O)OC(C)C(=O)OC(C)C(=O)O)=CC[C@@]4(O)[C@@H](C2)N(C)CC[C@]314. The molecule has 7 atom stereocenters. The van der Waals surface area contributed by atoms with Crippen LogP contribution in [0.5, 0.6) is 11.5 Å². The third-order valence-electron chi connectivity index (χ3n) is 8.98. The molecule has 0 saturated carbocycles. The largest absolute Gasteiger partial charge is 0.493 e. The number of carboxylic acids is 1. The fourth-order valence-corrected chi connectivity index (χ4v) is 6.90. The number of esters is 4. The lowest BCUT2D eigenvalue weighted by Crippen LogP contribution is -2.74. The molecule has 0 amide bonds. The zero-order valence-corrected chi connectivity index (χ0v) is 25.0. The topological polar surface area (TPSA) is 184 Å². The van der Waals surface area contributed by atoms with Crippen LogP contribution in [0, 0.1) is 0 Å². The van der Waals surface area contributed by atoms with E-state index in [1.54, 1.807) is 6.08 Å². The van der Waals surface area contributed by atoms with Crippen molar-refractivity contribution in [1.29, 1.82) is 0 Å². The second-order valence-electron chi connectivity index (χ2n) is 11.6. The van der Waals surface area contributed by atoms with Gasteiger partial charge >= 0.3 is 29.8 Å². The van der Waals surface area contributed by atoms with Crippen molar-refractivity contribution in [3.63, 3.8) is 0 Å². The van der Waals surface area contributed by atoms with Gasteiger partial charge in [0.25, 0.3) is 0 Å². The second kappa shape index (κ2) is 11.4. The molecule has 2 aliphatic carbocycles. The van der Waals surface area contributed by atoms with Crippen LogP contribution >= 0.6 is 0 Å². The number of hydrogen-bond acceptors (Lipinski definition) is 13. The Morgan fingerprint density at radius 1 is 1.09 bits per heavy atom. The monoisotopic (exact) mass is 617 g/mol. The van der Waals surface area contributed by atoms with E-state index in [1.165, 1.54) is 7.11 Å². The Morgan fingerprint density at radius 3 is 2.45 bits per heavy atom. The van der Waals surface area contributed by atoms with Gasteiger partial charge in [-0.25, -0.2) is 14.4 Å². The molecule has 5 rings (SSSR count). The van der Waals surface area contributed by atoms with Gasteiger partial charge in [-0.2, -0.15) is 0 Å². The van der Waals surface area contributed by atoms with Gasteiger partial charge in [0.15, 0.2) is 29.8 Å². The van der Waals surface area contributed by atoms with E-state index in [2.05, 4.69) is 4.90 Å². The fraction of sp³-hybridized carbons (Fsp3) is 0.567. The Morgan fingerprint density at radius 2 is 1.80 bits per heavy atom. The smallest absolute Gasteiger partial charge is 0.348 e. The highest BCUT2D eigenvalue weighted by Crippen LogP contribution is 2.65. The summed E-state index contributed by atoms with van der Waals surface area (Å²) >= 11 is 0. The Bertz CT molecular complexity index is 1440. The lowest BCUT2D eigenvalue weighted by atomic mass is 9.50. The van der Waals surface area contributed by atoms with Crippen molar-refractivity contribution in [2.75, 3.05) is 20.7 Å². The van der Waals surface area contributed by atoms with Crippen molar-refractivity contribution in [3.8, 4) is 11.5 Å². The molecule has 0 aromatic heterocycles. The van der Waals surface area contributed by atoms with Crippen LogP contribution in [0.1, 0.15) is 51.2 Å². The molecule has 238 valence electrons. The molecular formula is C30H35NO13. The summed E-state index contributed by atoms with van der Waals surface area (Å²) in [4.78, 5) is 63.0.